The lowest BCUT2D eigenvalue weighted by Crippen LogP contribution is -2.29. The van der Waals surface area contributed by atoms with E-state index in [1.54, 1.807) is 88.2 Å². The molecule has 0 atom stereocenters. The number of aromatic carboxylic acids is 5. The van der Waals surface area contributed by atoms with Crippen LogP contribution in [0.3, 0.4) is 0 Å². The van der Waals surface area contributed by atoms with Crippen LogP contribution in [0, 0.1) is 27.7 Å². The van der Waals surface area contributed by atoms with Gasteiger partial charge in [0.05, 0.1) is 57.2 Å². The lowest BCUT2D eigenvalue weighted by molar-refractivity contribution is 0.0168. The average molecular weight is 1050 g/mol. The molecule has 0 saturated heterocycles. The Kier molecular flexibility index (Phi) is 18.7. The summed E-state index contributed by atoms with van der Waals surface area (Å²) in [7, 11) is 0. The van der Waals surface area contributed by atoms with Crippen molar-refractivity contribution in [1.82, 2.24) is 69.3 Å². The van der Waals surface area contributed by atoms with Crippen molar-refractivity contribution in [3.8, 4) is 23.3 Å². The maximum atomic E-state index is 10.7. The van der Waals surface area contributed by atoms with Gasteiger partial charge in [0, 0.05) is 66.9 Å². The quantitative estimate of drug-likeness (QED) is 0.0831. The van der Waals surface area contributed by atoms with Crippen molar-refractivity contribution in [3.05, 3.63) is 191 Å². The molecule has 25 heteroatoms. The van der Waals surface area contributed by atoms with Crippen LogP contribution in [0.25, 0.3) is 23.3 Å². The SMILES string of the molecule is CC1(O)CCC(c2ccc(C(=O)O)cn2)CC1.Cc1cc(C(=O)O)cnc1-n1cccn1.Cc1cc(C)n(-c2ccc(C(=O)O)cn2)n1.Cc1ccn(-c2ccc(C(=O)O)cn2)n1.O=C(O)c1ccc(-n2ccnn2)nc1. The fourth-order valence-electron chi connectivity index (χ4n) is 7.30. The molecule has 0 amide bonds. The predicted molar refractivity (Wildman–Crippen MR) is 273 cm³/mol. The van der Waals surface area contributed by atoms with E-state index in [0.29, 0.717) is 29.2 Å². The van der Waals surface area contributed by atoms with Crippen molar-refractivity contribution in [3.63, 3.8) is 0 Å². The highest BCUT2D eigenvalue weighted by atomic mass is 16.4. The zero-order valence-electron chi connectivity index (χ0n) is 42.1. The molecule has 0 spiro atoms. The normalized spacial score (nSPS) is 14.3. The van der Waals surface area contributed by atoms with Crippen molar-refractivity contribution < 1.29 is 54.6 Å². The van der Waals surface area contributed by atoms with E-state index in [-0.39, 0.29) is 27.8 Å². The molecular formula is C52H52N14O11. The lowest BCUT2D eigenvalue weighted by atomic mass is 9.78. The van der Waals surface area contributed by atoms with Crippen molar-refractivity contribution in [2.75, 3.05) is 0 Å². The van der Waals surface area contributed by atoms with Crippen molar-refractivity contribution >= 4 is 29.8 Å². The Morgan fingerprint density at radius 3 is 1.45 bits per heavy atom. The highest BCUT2D eigenvalue weighted by Crippen LogP contribution is 2.37. The van der Waals surface area contributed by atoms with Crippen LogP contribution in [0.1, 0.15) is 119 Å². The monoisotopic (exact) mass is 1050 g/mol. The van der Waals surface area contributed by atoms with E-state index in [4.69, 9.17) is 25.5 Å². The minimum atomic E-state index is -0.998. The number of hydrogen-bond acceptors (Lipinski definition) is 16. The Bertz CT molecular complexity index is 3400. The van der Waals surface area contributed by atoms with Gasteiger partial charge in [-0.05, 0) is 139 Å². The Balaban J connectivity index is 0.000000156. The van der Waals surface area contributed by atoms with Crippen molar-refractivity contribution in [2.24, 2.45) is 0 Å². The number of aliphatic hydroxyl groups is 1. The molecule has 9 aromatic heterocycles. The molecule has 9 aromatic rings. The first-order chi connectivity index (χ1) is 36.7. The molecule has 0 aromatic carbocycles. The summed E-state index contributed by atoms with van der Waals surface area (Å²) in [5.41, 5.74) is 4.82. The number of carboxylic acids is 5. The molecule has 0 radical (unpaired) electrons. The second-order valence-corrected chi connectivity index (χ2v) is 17.4. The predicted octanol–water partition coefficient (Wildman–Crippen LogP) is 6.68. The summed E-state index contributed by atoms with van der Waals surface area (Å²) >= 11 is 0. The number of hydrogen-bond donors (Lipinski definition) is 6. The summed E-state index contributed by atoms with van der Waals surface area (Å²) in [5, 5.41) is 73.3. The van der Waals surface area contributed by atoms with E-state index in [1.165, 1.54) is 60.1 Å². The molecule has 25 nitrogen and oxygen atoms in total. The van der Waals surface area contributed by atoms with Crippen LogP contribution < -0.4 is 0 Å². The number of nitrogens with zero attached hydrogens (tertiary/aromatic N) is 14. The molecule has 9 heterocycles. The summed E-state index contributed by atoms with van der Waals surface area (Å²) in [6, 6.07) is 19.8. The summed E-state index contributed by atoms with van der Waals surface area (Å²) in [6.07, 6.45) is 18.4. The largest absolute Gasteiger partial charge is 0.478 e. The van der Waals surface area contributed by atoms with Crippen LogP contribution in [0.5, 0.6) is 0 Å². The summed E-state index contributed by atoms with van der Waals surface area (Å²) in [4.78, 5) is 73.4. The minimum absolute atomic E-state index is 0.147. The first-order valence-electron chi connectivity index (χ1n) is 23.3. The van der Waals surface area contributed by atoms with E-state index in [1.807, 2.05) is 39.8 Å². The Hall–Kier alpha value is -10.2. The van der Waals surface area contributed by atoms with Gasteiger partial charge >= 0.3 is 29.8 Å². The van der Waals surface area contributed by atoms with Gasteiger partial charge in [-0.15, -0.1) is 5.10 Å². The third-order valence-corrected chi connectivity index (χ3v) is 11.4. The second kappa shape index (κ2) is 25.7. The molecule has 1 fully saturated rings. The maximum absolute atomic E-state index is 10.7. The van der Waals surface area contributed by atoms with Crippen LogP contribution >= 0.6 is 0 Å². The second-order valence-electron chi connectivity index (χ2n) is 17.4. The number of pyridine rings is 5. The van der Waals surface area contributed by atoms with E-state index in [2.05, 4.69) is 50.5 Å². The van der Waals surface area contributed by atoms with Crippen molar-refractivity contribution in [2.45, 2.75) is 71.8 Å². The third kappa shape index (κ3) is 15.9. The maximum Gasteiger partial charge on any atom is 0.337 e. The molecule has 1 aliphatic carbocycles. The molecule has 1 saturated carbocycles. The Morgan fingerprint density at radius 2 is 1.05 bits per heavy atom. The standard InChI is InChI=1S/C13H17NO3.C11H11N3O2.2C10H9N3O2.C8H6N4O2/c1-13(17)6-4-9(5-7-13)11-3-2-10(8-14-11)12(15)16;1-7-5-8(2)14(13-7)10-4-3-9(6-12-10)11(15)16;1-7-4-5-13(12-7)9-3-2-8(6-11-9)10(14)15;1-7-5-8(10(14)15)6-11-9(7)13-4-2-3-12-13;13-8(14)6-1-2-7(9-5-6)12-4-3-10-11-12/h2-3,8-9,17H,4-7H2,1H3,(H,15,16);3-6H,1-2H3,(H,15,16);2*2-6H,1H3,(H,14,15);1-5H,(H,13,14). The van der Waals surface area contributed by atoms with Crippen LogP contribution in [-0.2, 0) is 0 Å². The van der Waals surface area contributed by atoms with E-state index in [9.17, 15) is 29.1 Å². The zero-order valence-corrected chi connectivity index (χ0v) is 42.1. The summed E-state index contributed by atoms with van der Waals surface area (Å²) in [6.45, 7) is 9.37. The van der Waals surface area contributed by atoms with Crippen molar-refractivity contribution in [1.29, 1.82) is 0 Å². The van der Waals surface area contributed by atoms with Crippen LogP contribution in [-0.4, -0.2) is 135 Å². The average Bonchev–Trinajstić information content (AvgIpc) is 4.28. The minimum Gasteiger partial charge on any atom is -0.478 e. The van der Waals surface area contributed by atoms with E-state index in [0.717, 1.165) is 54.0 Å². The summed E-state index contributed by atoms with van der Waals surface area (Å²) < 4.78 is 6.33. The number of rotatable bonds is 10. The Morgan fingerprint density at radius 1 is 0.532 bits per heavy atom. The number of carboxylic acid groups (broad SMARTS) is 5. The Labute approximate surface area is 438 Å². The first-order valence-corrected chi connectivity index (χ1v) is 23.3. The van der Waals surface area contributed by atoms with Gasteiger partial charge in [-0.25, -0.2) is 62.6 Å². The smallest absolute Gasteiger partial charge is 0.337 e. The molecule has 10 rings (SSSR count). The highest BCUT2D eigenvalue weighted by Gasteiger charge is 2.30. The molecule has 1 aliphatic rings. The molecule has 396 valence electrons. The van der Waals surface area contributed by atoms with Gasteiger partial charge in [0.15, 0.2) is 23.3 Å². The molecule has 0 unspecified atom stereocenters. The summed E-state index contributed by atoms with van der Waals surface area (Å²) in [5.74, 6) is -2.13. The number of aromatic nitrogens is 14. The third-order valence-electron chi connectivity index (χ3n) is 11.4. The van der Waals surface area contributed by atoms with Gasteiger partial charge in [0.2, 0.25) is 0 Å². The number of carbonyl (C=O) groups is 5. The van der Waals surface area contributed by atoms with Gasteiger partial charge < -0.3 is 30.6 Å². The van der Waals surface area contributed by atoms with Gasteiger partial charge in [0.1, 0.15) is 0 Å². The van der Waals surface area contributed by atoms with Crippen LogP contribution in [0.2, 0.25) is 0 Å². The fourth-order valence-corrected chi connectivity index (χ4v) is 7.30. The molecule has 0 aliphatic heterocycles. The fraction of sp³-hybridized carbons (Fsp3) is 0.212. The van der Waals surface area contributed by atoms with E-state index < -0.39 is 35.4 Å². The topological polar surface area (TPSA) is 355 Å². The number of aryl methyl sites for hydroxylation is 4. The lowest BCUT2D eigenvalue weighted by Gasteiger charge is -2.32. The van der Waals surface area contributed by atoms with Crippen LogP contribution in [0.15, 0.2) is 135 Å². The molecule has 0 bridgehead atoms. The highest BCUT2D eigenvalue weighted by molar-refractivity contribution is 5.89. The van der Waals surface area contributed by atoms with Gasteiger partial charge in [-0.2, -0.15) is 15.3 Å². The zero-order chi connectivity index (χ0) is 55.8. The first kappa shape index (κ1) is 56.1. The van der Waals surface area contributed by atoms with Gasteiger partial charge in [-0.1, -0.05) is 5.21 Å². The van der Waals surface area contributed by atoms with Gasteiger partial charge in [0.25, 0.3) is 0 Å². The molecule has 6 N–H and O–H groups in total. The molecule has 77 heavy (non-hydrogen) atoms. The van der Waals surface area contributed by atoms with E-state index >= 15 is 0 Å². The van der Waals surface area contributed by atoms with Crippen LogP contribution in [0.4, 0.5) is 0 Å². The molecular weight excluding hydrogens is 997 g/mol. The van der Waals surface area contributed by atoms with Gasteiger partial charge in [-0.3, -0.25) is 4.98 Å².